The van der Waals surface area contributed by atoms with Gasteiger partial charge in [-0.05, 0) is 18.6 Å². The Labute approximate surface area is 120 Å². The minimum absolute atomic E-state index is 0.315. The van der Waals surface area contributed by atoms with E-state index in [4.69, 9.17) is 4.84 Å². The number of aryl methyl sites for hydroxylation is 1. The zero-order valence-electron chi connectivity index (χ0n) is 10.4. The molecule has 2 aromatic carbocycles. The lowest BCUT2D eigenvalue weighted by Crippen LogP contribution is -2.19. The van der Waals surface area contributed by atoms with E-state index in [0.29, 0.717) is 0 Å². The summed E-state index contributed by atoms with van der Waals surface area (Å²) >= 11 is 3.52. The Morgan fingerprint density at radius 3 is 2.63 bits per heavy atom. The maximum Gasteiger partial charge on any atom is 0.203 e. The standard InChI is InChI=1S/C15H13BrN2O/c1-10-6-2-3-7-11(10)14-17-15(19-18-14)12-8-4-5-9-13(12)16/h2-9,15H,1H3,(H,17,18)/t15-/m0/s1. The highest BCUT2D eigenvalue weighted by Crippen LogP contribution is 2.29. The second kappa shape index (κ2) is 5.15. The van der Waals surface area contributed by atoms with E-state index in [0.717, 1.165) is 21.4 Å². The zero-order valence-corrected chi connectivity index (χ0v) is 12.0. The number of nitrogens with zero attached hydrogens (tertiary/aromatic N) is 1. The van der Waals surface area contributed by atoms with E-state index < -0.39 is 0 Å². The van der Waals surface area contributed by atoms with Gasteiger partial charge in [0.2, 0.25) is 6.23 Å². The fourth-order valence-electron chi connectivity index (χ4n) is 2.05. The first-order chi connectivity index (χ1) is 9.25. The molecule has 2 aromatic rings. The number of hydrogen-bond acceptors (Lipinski definition) is 3. The molecule has 1 aliphatic heterocycles. The molecule has 19 heavy (non-hydrogen) atoms. The summed E-state index contributed by atoms with van der Waals surface area (Å²) in [7, 11) is 0. The molecular weight excluding hydrogens is 304 g/mol. The Balaban J connectivity index is 1.94. The molecule has 0 amide bonds. The average molecular weight is 317 g/mol. The Bertz CT molecular complexity index is 640. The van der Waals surface area contributed by atoms with Crippen molar-refractivity contribution in [3.05, 3.63) is 69.7 Å². The van der Waals surface area contributed by atoms with Crippen LogP contribution in [0.15, 0.2) is 58.0 Å². The van der Waals surface area contributed by atoms with Gasteiger partial charge in [-0.25, -0.2) is 15.3 Å². The molecule has 0 unspecified atom stereocenters. The van der Waals surface area contributed by atoms with Crippen LogP contribution < -0.4 is 5.48 Å². The molecule has 1 heterocycles. The van der Waals surface area contributed by atoms with Crippen molar-refractivity contribution in [1.82, 2.24) is 5.48 Å². The largest absolute Gasteiger partial charge is 0.246 e. The van der Waals surface area contributed by atoms with E-state index in [1.54, 1.807) is 0 Å². The van der Waals surface area contributed by atoms with Gasteiger partial charge in [-0.3, -0.25) is 0 Å². The topological polar surface area (TPSA) is 33.6 Å². The molecule has 96 valence electrons. The number of rotatable bonds is 2. The van der Waals surface area contributed by atoms with Crippen molar-refractivity contribution in [3.8, 4) is 0 Å². The van der Waals surface area contributed by atoms with Crippen LogP contribution >= 0.6 is 15.9 Å². The Morgan fingerprint density at radius 2 is 1.84 bits per heavy atom. The average Bonchev–Trinajstić information content (AvgIpc) is 2.89. The summed E-state index contributed by atoms with van der Waals surface area (Å²) in [6.45, 7) is 2.06. The summed E-state index contributed by atoms with van der Waals surface area (Å²) in [5.41, 5.74) is 6.17. The van der Waals surface area contributed by atoms with Crippen molar-refractivity contribution in [1.29, 1.82) is 0 Å². The maximum atomic E-state index is 5.56. The van der Waals surface area contributed by atoms with Crippen LogP contribution in [0.1, 0.15) is 22.9 Å². The fourth-order valence-corrected chi connectivity index (χ4v) is 2.53. The van der Waals surface area contributed by atoms with Gasteiger partial charge in [0.1, 0.15) is 0 Å². The van der Waals surface area contributed by atoms with E-state index in [1.807, 2.05) is 42.5 Å². The van der Waals surface area contributed by atoms with Crippen LogP contribution in [0, 0.1) is 6.92 Å². The normalized spacial score (nSPS) is 18.0. The summed E-state index contributed by atoms with van der Waals surface area (Å²) < 4.78 is 0.997. The summed E-state index contributed by atoms with van der Waals surface area (Å²) in [6.07, 6.45) is -0.315. The van der Waals surface area contributed by atoms with E-state index in [1.165, 1.54) is 5.56 Å². The maximum absolute atomic E-state index is 5.56. The number of nitrogens with one attached hydrogen (secondary N) is 1. The molecule has 0 aliphatic carbocycles. The van der Waals surface area contributed by atoms with Gasteiger partial charge in [-0.1, -0.05) is 58.4 Å². The predicted molar refractivity (Wildman–Crippen MR) is 78.8 cm³/mol. The molecule has 0 saturated carbocycles. The molecule has 0 fully saturated rings. The lowest BCUT2D eigenvalue weighted by Gasteiger charge is -2.07. The third-order valence-corrected chi connectivity index (χ3v) is 3.81. The van der Waals surface area contributed by atoms with Crippen LogP contribution in [-0.2, 0) is 4.84 Å². The number of aliphatic imine (C=N–C) groups is 1. The van der Waals surface area contributed by atoms with Crippen LogP contribution in [-0.4, -0.2) is 5.84 Å². The highest BCUT2D eigenvalue weighted by molar-refractivity contribution is 9.10. The van der Waals surface area contributed by atoms with E-state index >= 15 is 0 Å². The van der Waals surface area contributed by atoms with E-state index in [2.05, 4.69) is 39.4 Å². The minimum atomic E-state index is -0.315. The van der Waals surface area contributed by atoms with Crippen molar-refractivity contribution >= 4 is 21.8 Å². The van der Waals surface area contributed by atoms with Crippen molar-refractivity contribution in [2.75, 3.05) is 0 Å². The van der Waals surface area contributed by atoms with Gasteiger partial charge in [0.25, 0.3) is 0 Å². The lowest BCUT2D eigenvalue weighted by atomic mass is 10.1. The molecule has 0 spiro atoms. The molecule has 0 radical (unpaired) electrons. The molecule has 4 heteroatoms. The molecule has 1 aliphatic rings. The molecular formula is C15H13BrN2O. The first-order valence-corrected chi connectivity index (χ1v) is 6.85. The first kappa shape index (κ1) is 12.4. The smallest absolute Gasteiger partial charge is 0.203 e. The van der Waals surface area contributed by atoms with Crippen molar-refractivity contribution in [3.63, 3.8) is 0 Å². The van der Waals surface area contributed by atoms with Gasteiger partial charge in [0.05, 0.1) is 0 Å². The van der Waals surface area contributed by atoms with Crippen molar-refractivity contribution < 1.29 is 4.84 Å². The SMILES string of the molecule is Cc1ccccc1C1=N[C@H](c2ccccc2Br)ON1. The molecule has 3 rings (SSSR count). The second-order valence-electron chi connectivity index (χ2n) is 4.39. The van der Waals surface area contributed by atoms with Gasteiger partial charge >= 0.3 is 0 Å². The number of benzene rings is 2. The number of hydroxylamine groups is 1. The van der Waals surface area contributed by atoms with Crippen LogP contribution in [0.5, 0.6) is 0 Å². The highest BCUT2D eigenvalue weighted by atomic mass is 79.9. The third-order valence-electron chi connectivity index (χ3n) is 3.09. The van der Waals surface area contributed by atoms with Gasteiger partial charge in [-0.2, -0.15) is 0 Å². The van der Waals surface area contributed by atoms with Crippen LogP contribution in [0.2, 0.25) is 0 Å². The first-order valence-electron chi connectivity index (χ1n) is 6.05. The van der Waals surface area contributed by atoms with Crippen LogP contribution in [0.4, 0.5) is 0 Å². The Kier molecular flexibility index (Phi) is 3.36. The van der Waals surface area contributed by atoms with Gasteiger partial charge in [0.15, 0.2) is 5.84 Å². The molecule has 3 nitrogen and oxygen atoms in total. The quantitative estimate of drug-likeness (QED) is 0.915. The number of hydrogen-bond donors (Lipinski definition) is 1. The van der Waals surface area contributed by atoms with Gasteiger partial charge in [0, 0.05) is 15.6 Å². The lowest BCUT2D eigenvalue weighted by molar-refractivity contribution is 0.0372. The molecule has 1 N–H and O–H groups in total. The van der Waals surface area contributed by atoms with E-state index in [-0.39, 0.29) is 6.23 Å². The Morgan fingerprint density at radius 1 is 1.11 bits per heavy atom. The number of amidine groups is 1. The van der Waals surface area contributed by atoms with Gasteiger partial charge < -0.3 is 0 Å². The molecule has 0 saturated heterocycles. The predicted octanol–water partition coefficient (Wildman–Crippen LogP) is 3.74. The van der Waals surface area contributed by atoms with Crippen LogP contribution in [0.25, 0.3) is 0 Å². The summed E-state index contributed by atoms with van der Waals surface area (Å²) in [5.74, 6) is 0.777. The molecule has 1 atom stereocenters. The fraction of sp³-hybridized carbons (Fsp3) is 0.133. The summed E-state index contributed by atoms with van der Waals surface area (Å²) in [6, 6.07) is 16.0. The highest BCUT2D eigenvalue weighted by Gasteiger charge is 2.23. The summed E-state index contributed by atoms with van der Waals surface area (Å²) in [5, 5.41) is 0. The monoisotopic (exact) mass is 316 g/mol. The number of halogens is 1. The van der Waals surface area contributed by atoms with Gasteiger partial charge in [-0.15, -0.1) is 0 Å². The minimum Gasteiger partial charge on any atom is -0.246 e. The molecule has 0 bridgehead atoms. The van der Waals surface area contributed by atoms with Crippen molar-refractivity contribution in [2.24, 2.45) is 4.99 Å². The Hall–Kier alpha value is -1.65. The van der Waals surface area contributed by atoms with Crippen LogP contribution in [0.3, 0.4) is 0 Å². The van der Waals surface area contributed by atoms with E-state index in [9.17, 15) is 0 Å². The van der Waals surface area contributed by atoms with Crippen molar-refractivity contribution in [2.45, 2.75) is 13.2 Å². The third kappa shape index (κ3) is 2.41. The molecule has 0 aromatic heterocycles. The summed E-state index contributed by atoms with van der Waals surface area (Å²) in [4.78, 5) is 10.2. The zero-order chi connectivity index (χ0) is 13.2. The second-order valence-corrected chi connectivity index (χ2v) is 5.24.